The van der Waals surface area contributed by atoms with Crippen molar-refractivity contribution in [3.8, 4) is 0 Å². The second-order valence-corrected chi connectivity index (χ2v) is 9.27. The summed E-state index contributed by atoms with van der Waals surface area (Å²) >= 11 is 1.22. The summed E-state index contributed by atoms with van der Waals surface area (Å²) in [4.78, 5) is 18.6. The predicted octanol–water partition coefficient (Wildman–Crippen LogP) is 3.38. The van der Waals surface area contributed by atoms with Gasteiger partial charge >= 0.3 is 0 Å². The van der Waals surface area contributed by atoms with Gasteiger partial charge in [-0.2, -0.15) is 0 Å². The number of nitrogens with zero attached hydrogens (tertiary/aromatic N) is 2. The number of amides is 1. The summed E-state index contributed by atoms with van der Waals surface area (Å²) in [5.41, 5.74) is 3.77. The molecule has 4 rings (SSSR count). The van der Waals surface area contributed by atoms with Crippen LogP contribution < -0.4 is 9.62 Å². The zero-order chi connectivity index (χ0) is 19.7. The number of fused-ring (bicyclic) bond motifs is 1. The monoisotopic (exact) mass is 413 g/mol. The van der Waals surface area contributed by atoms with Crippen LogP contribution in [-0.2, 0) is 27.7 Å². The van der Waals surface area contributed by atoms with Gasteiger partial charge in [-0.25, -0.2) is 13.4 Å². The van der Waals surface area contributed by atoms with Gasteiger partial charge in [-0.05, 0) is 42.7 Å². The van der Waals surface area contributed by atoms with Gasteiger partial charge in [0.25, 0.3) is 10.0 Å². The zero-order valence-corrected chi connectivity index (χ0v) is 16.9. The summed E-state index contributed by atoms with van der Waals surface area (Å²) in [6.45, 7) is 2.57. The molecule has 0 radical (unpaired) electrons. The molecule has 0 fully saturated rings. The molecule has 1 aliphatic heterocycles. The van der Waals surface area contributed by atoms with Crippen LogP contribution in [0.4, 0.5) is 10.8 Å². The Morgan fingerprint density at radius 1 is 1.21 bits per heavy atom. The number of nitrogens with one attached hydrogen (secondary N) is 1. The highest BCUT2D eigenvalue weighted by Crippen LogP contribution is 2.31. The summed E-state index contributed by atoms with van der Waals surface area (Å²) in [5.74, 6) is 0.0131. The maximum Gasteiger partial charge on any atom is 0.263 e. The molecule has 0 aliphatic carbocycles. The van der Waals surface area contributed by atoms with Gasteiger partial charge in [0, 0.05) is 23.8 Å². The van der Waals surface area contributed by atoms with E-state index in [1.54, 1.807) is 28.6 Å². The van der Waals surface area contributed by atoms with Crippen molar-refractivity contribution in [3.63, 3.8) is 0 Å². The van der Waals surface area contributed by atoms with E-state index in [9.17, 15) is 13.2 Å². The zero-order valence-electron chi connectivity index (χ0n) is 15.3. The number of aromatic nitrogens is 1. The molecule has 2 heterocycles. The number of hydrogen-bond donors (Lipinski definition) is 1. The molecule has 0 saturated heterocycles. The summed E-state index contributed by atoms with van der Waals surface area (Å²) < 4.78 is 27.6. The first kappa shape index (κ1) is 18.6. The molecule has 1 aliphatic rings. The minimum absolute atomic E-state index is 0.0131. The molecular weight excluding hydrogens is 394 g/mol. The molecule has 0 saturated carbocycles. The Labute approximate surface area is 167 Å². The fourth-order valence-corrected chi connectivity index (χ4v) is 5.07. The normalized spacial score (nSPS) is 13.4. The molecule has 0 atom stereocenters. The van der Waals surface area contributed by atoms with E-state index in [-0.39, 0.29) is 10.8 Å². The third-order valence-electron chi connectivity index (χ3n) is 4.69. The number of hydrogen-bond acceptors (Lipinski definition) is 5. The maximum atomic E-state index is 12.7. The first-order valence-electron chi connectivity index (χ1n) is 8.83. The smallest absolute Gasteiger partial charge is 0.263 e. The van der Waals surface area contributed by atoms with Gasteiger partial charge in [0.15, 0.2) is 5.13 Å². The molecule has 0 bridgehead atoms. The van der Waals surface area contributed by atoms with Gasteiger partial charge in [-0.3, -0.25) is 9.52 Å². The third-order valence-corrected chi connectivity index (χ3v) is 6.84. The van der Waals surface area contributed by atoms with E-state index in [0.717, 1.165) is 22.4 Å². The van der Waals surface area contributed by atoms with Gasteiger partial charge in [-0.15, -0.1) is 11.3 Å². The lowest BCUT2D eigenvalue weighted by molar-refractivity contribution is -0.117. The fourth-order valence-electron chi connectivity index (χ4n) is 3.23. The maximum absolute atomic E-state index is 12.7. The van der Waals surface area contributed by atoms with E-state index < -0.39 is 10.0 Å². The molecule has 0 spiro atoms. The molecule has 1 aromatic heterocycles. The molecule has 1 N–H and O–H groups in total. The Morgan fingerprint density at radius 3 is 2.71 bits per heavy atom. The molecule has 3 aromatic rings. The average Bonchev–Trinajstić information content (AvgIpc) is 3.32. The van der Waals surface area contributed by atoms with Crippen molar-refractivity contribution in [2.45, 2.75) is 24.7 Å². The van der Waals surface area contributed by atoms with Crippen molar-refractivity contribution in [1.82, 2.24) is 4.98 Å². The third kappa shape index (κ3) is 3.79. The van der Waals surface area contributed by atoms with Gasteiger partial charge < -0.3 is 4.90 Å². The Kier molecular flexibility index (Phi) is 4.91. The van der Waals surface area contributed by atoms with Crippen LogP contribution in [0.2, 0.25) is 0 Å². The first-order chi connectivity index (χ1) is 13.4. The lowest BCUT2D eigenvalue weighted by Crippen LogP contribution is -2.30. The number of benzene rings is 2. The van der Waals surface area contributed by atoms with Crippen molar-refractivity contribution < 1.29 is 13.2 Å². The fraction of sp³-hybridized carbons (Fsp3) is 0.200. The number of rotatable bonds is 5. The first-order valence-corrected chi connectivity index (χ1v) is 11.2. The number of carbonyl (C=O) groups excluding carboxylic acids is 1. The highest BCUT2D eigenvalue weighted by molar-refractivity contribution is 7.93. The van der Waals surface area contributed by atoms with Gasteiger partial charge in [0.1, 0.15) is 0 Å². The molecule has 6 nitrogen and oxygen atoms in total. The molecule has 0 unspecified atom stereocenters. The second kappa shape index (κ2) is 7.37. The molecule has 1 amide bonds. The van der Waals surface area contributed by atoms with Crippen LogP contribution in [0.15, 0.2) is 58.9 Å². The highest BCUT2D eigenvalue weighted by Gasteiger charge is 2.27. The Morgan fingerprint density at radius 2 is 2.00 bits per heavy atom. The van der Waals surface area contributed by atoms with Crippen LogP contribution in [0.3, 0.4) is 0 Å². The highest BCUT2D eigenvalue weighted by atomic mass is 32.2. The SMILES string of the molecule is Cc1ccc(CC(=O)N2CCc3cc(S(=O)(=O)Nc4nccs4)ccc32)cc1. The van der Waals surface area contributed by atoms with E-state index in [4.69, 9.17) is 0 Å². The number of thiazole rings is 1. The summed E-state index contributed by atoms with van der Waals surface area (Å²) in [5, 5.41) is 2.04. The Bertz CT molecular complexity index is 1110. The predicted molar refractivity (Wildman–Crippen MR) is 110 cm³/mol. The van der Waals surface area contributed by atoms with Crippen LogP contribution in [0.25, 0.3) is 0 Å². The summed E-state index contributed by atoms with van der Waals surface area (Å²) in [6.07, 6.45) is 2.50. The quantitative estimate of drug-likeness (QED) is 0.695. The Hall–Kier alpha value is -2.71. The van der Waals surface area contributed by atoms with Crippen molar-refractivity contribution in [2.24, 2.45) is 0 Å². The number of carbonyl (C=O) groups is 1. The second-order valence-electron chi connectivity index (χ2n) is 6.69. The van der Waals surface area contributed by atoms with E-state index in [1.165, 1.54) is 17.4 Å². The Balaban J connectivity index is 1.53. The van der Waals surface area contributed by atoms with Crippen LogP contribution >= 0.6 is 11.3 Å². The minimum Gasteiger partial charge on any atom is -0.312 e. The van der Waals surface area contributed by atoms with Crippen molar-refractivity contribution in [3.05, 3.63) is 70.7 Å². The average molecular weight is 414 g/mol. The lowest BCUT2D eigenvalue weighted by Gasteiger charge is -2.18. The molecule has 28 heavy (non-hydrogen) atoms. The molecular formula is C20H19N3O3S2. The largest absolute Gasteiger partial charge is 0.312 e. The number of anilines is 2. The van der Waals surface area contributed by atoms with Crippen LogP contribution in [-0.4, -0.2) is 25.9 Å². The molecule has 8 heteroatoms. The van der Waals surface area contributed by atoms with E-state index in [1.807, 2.05) is 31.2 Å². The number of sulfonamides is 1. The van der Waals surface area contributed by atoms with Crippen molar-refractivity contribution in [1.29, 1.82) is 0 Å². The topological polar surface area (TPSA) is 79.4 Å². The molecule has 144 valence electrons. The number of aryl methyl sites for hydroxylation is 1. The van der Waals surface area contributed by atoms with Crippen molar-refractivity contribution >= 4 is 38.1 Å². The summed E-state index contributed by atoms with van der Waals surface area (Å²) in [7, 11) is -3.70. The summed E-state index contributed by atoms with van der Waals surface area (Å²) in [6, 6.07) is 12.8. The van der Waals surface area contributed by atoms with E-state index in [2.05, 4.69) is 9.71 Å². The standard InChI is InChI=1S/C20H19N3O3S2/c1-14-2-4-15(5-3-14)12-19(24)23-10-8-16-13-17(6-7-18(16)23)28(25,26)22-20-21-9-11-27-20/h2-7,9,11,13H,8,10,12H2,1H3,(H,21,22). The minimum atomic E-state index is -3.70. The van der Waals surface area contributed by atoms with Gasteiger partial charge in [-0.1, -0.05) is 29.8 Å². The van der Waals surface area contributed by atoms with Crippen LogP contribution in [0.1, 0.15) is 16.7 Å². The van der Waals surface area contributed by atoms with E-state index in [0.29, 0.717) is 24.5 Å². The van der Waals surface area contributed by atoms with E-state index >= 15 is 0 Å². The van der Waals surface area contributed by atoms with Gasteiger partial charge in [0.05, 0.1) is 11.3 Å². The van der Waals surface area contributed by atoms with Crippen LogP contribution in [0.5, 0.6) is 0 Å². The van der Waals surface area contributed by atoms with Gasteiger partial charge in [0.2, 0.25) is 5.91 Å². The lowest BCUT2D eigenvalue weighted by atomic mass is 10.1. The van der Waals surface area contributed by atoms with Crippen molar-refractivity contribution in [2.75, 3.05) is 16.2 Å². The molecule has 2 aromatic carbocycles. The van der Waals surface area contributed by atoms with Crippen LogP contribution in [0, 0.1) is 6.92 Å².